The van der Waals surface area contributed by atoms with Crippen LogP contribution in [0, 0.1) is 20.8 Å². The molecule has 2 fully saturated rings. The molecule has 0 saturated carbocycles. The first-order valence-corrected chi connectivity index (χ1v) is 13.5. The van der Waals surface area contributed by atoms with E-state index in [0.29, 0.717) is 43.1 Å². The standard InChI is InChI=1S/C25H36N4O3S/c1-18-10-9-11-22(16-18)29-15-14-27(17-19(29)2)25(30)23-20(3)24(21(4)26-23)33(31,32)28-12-7-5-6-8-13-28/h9-11,16,19,26H,5-8,12-15,17H2,1-4H3/t19-/m1/s1. The summed E-state index contributed by atoms with van der Waals surface area (Å²) in [6.07, 6.45) is 3.90. The van der Waals surface area contributed by atoms with Gasteiger partial charge in [-0.25, -0.2) is 8.42 Å². The summed E-state index contributed by atoms with van der Waals surface area (Å²) < 4.78 is 28.5. The van der Waals surface area contributed by atoms with Crippen molar-refractivity contribution in [1.82, 2.24) is 14.2 Å². The number of rotatable bonds is 4. The molecule has 0 spiro atoms. The number of aromatic amines is 1. The monoisotopic (exact) mass is 472 g/mol. The summed E-state index contributed by atoms with van der Waals surface area (Å²) in [5, 5.41) is 0. The van der Waals surface area contributed by atoms with E-state index in [9.17, 15) is 13.2 Å². The van der Waals surface area contributed by atoms with Crippen LogP contribution in [0.2, 0.25) is 0 Å². The lowest BCUT2D eigenvalue weighted by Gasteiger charge is -2.41. The van der Waals surface area contributed by atoms with Crippen molar-refractivity contribution in [1.29, 1.82) is 0 Å². The van der Waals surface area contributed by atoms with Crippen LogP contribution in [0.3, 0.4) is 0 Å². The van der Waals surface area contributed by atoms with Gasteiger partial charge in [-0.05, 0) is 63.8 Å². The molecular weight excluding hydrogens is 436 g/mol. The number of nitrogens with one attached hydrogen (secondary N) is 1. The Morgan fingerprint density at radius 1 is 1.00 bits per heavy atom. The molecule has 8 heteroatoms. The van der Waals surface area contributed by atoms with Gasteiger partial charge in [-0.2, -0.15) is 4.31 Å². The second-order valence-corrected chi connectivity index (χ2v) is 11.4. The quantitative estimate of drug-likeness (QED) is 0.733. The van der Waals surface area contributed by atoms with E-state index in [1.54, 1.807) is 18.2 Å². The predicted octanol–water partition coefficient (Wildman–Crippen LogP) is 3.86. The number of H-pyrrole nitrogens is 1. The van der Waals surface area contributed by atoms with Gasteiger partial charge in [0, 0.05) is 50.1 Å². The average molecular weight is 473 g/mol. The third-order valence-electron chi connectivity index (χ3n) is 6.99. The van der Waals surface area contributed by atoms with Gasteiger partial charge in [0.1, 0.15) is 10.6 Å². The molecule has 2 saturated heterocycles. The molecule has 2 aliphatic heterocycles. The number of aromatic nitrogens is 1. The predicted molar refractivity (Wildman–Crippen MR) is 131 cm³/mol. The molecule has 0 radical (unpaired) electrons. The van der Waals surface area contributed by atoms with Gasteiger partial charge < -0.3 is 14.8 Å². The van der Waals surface area contributed by atoms with Gasteiger partial charge >= 0.3 is 0 Å². The number of sulfonamides is 1. The van der Waals surface area contributed by atoms with Gasteiger partial charge in [0.05, 0.1) is 0 Å². The molecule has 2 aliphatic rings. The number of nitrogens with zero attached hydrogens (tertiary/aromatic N) is 3. The molecule has 0 aliphatic carbocycles. The maximum Gasteiger partial charge on any atom is 0.270 e. The molecule has 33 heavy (non-hydrogen) atoms. The minimum atomic E-state index is -3.63. The SMILES string of the molecule is Cc1cccc(N2CCN(C(=O)c3[nH]c(C)c(S(=O)(=O)N4CCCCCC4)c3C)C[C@H]2C)c1. The number of carbonyl (C=O) groups excluding carboxylic acids is 1. The zero-order valence-corrected chi connectivity index (χ0v) is 21.0. The summed E-state index contributed by atoms with van der Waals surface area (Å²) in [4.78, 5) is 21.0. The van der Waals surface area contributed by atoms with Crippen LogP contribution in [0.4, 0.5) is 5.69 Å². The number of hydrogen-bond donors (Lipinski definition) is 1. The van der Waals surface area contributed by atoms with E-state index < -0.39 is 10.0 Å². The lowest BCUT2D eigenvalue weighted by Crippen LogP contribution is -2.54. The zero-order valence-electron chi connectivity index (χ0n) is 20.2. The second-order valence-electron chi connectivity index (χ2n) is 9.53. The third kappa shape index (κ3) is 4.68. The Hall–Kier alpha value is -2.32. The second kappa shape index (κ2) is 9.50. The Morgan fingerprint density at radius 2 is 1.70 bits per heavy atom. The lowest BCUT2D eigenvalue weighted by molar-refractivity contribution is 0.0720. The maximum atomic E-state index is 13.5. The molecule has 1 aromatic carbocycles. The normalized spacial score (nSPS) is 20.7. The van der Waals surface area contributed by atoms with Crippen molar-refractivity contribution in [3.05, 3.63) is 46.8 Å². The van der Waals surface area contributed by atoms with Crippen molar-refractivity contribution in [2.75, 3.05) is 37.6 Å². The highest BCUT2D eigenvalue weighted by molar-refractivity contribution is 7.89. The van der Waals surface area contributed by atoms with Crippen LogP contribution in [0.1, 0.15) is 59.9 Å². The number of piperazine rings is 1. The first kappa shape index (κ1) is 23.8. The molecular formula is C25H36N4O3S. The minimum absolute atomic E-state index is 0.122. The van der Waals surface area contributed by atoms with Crippen LogP contribution >= 0.6 is 0 Å². The van der Waals surface area contributed by atoms with Crippen molar-refractivity contribution < 1.29 is 13.2 Å². The number of anilines is 1. The molecule has 2 aromatic rings. The first-order valence-electron chi connectivity index (χ1n) is 12.0. The van der Waals surface area contributed by atoms with E-state index >= 15 is 0 Å². The fourth-order valence-electron chi connectivity index (χ4n) is 5.24. The summed E-state index contributed by atoms with van der Waals surface area (Å²) in [5.74, 6) is -0.122. The van der Waals surface area contributed by atoms with Crippen LogP contribution < -0.4 is 4.90 Å². The average Bonchev–Trinajstić information content (AvgIpc) is 2.95. The molecule has 1 atom stereocenters. The Bertz CT molecular complexity index is 1120. The summed E-state index contributed by atoms with van der Waals surface area (Å²) in [6.45, 7) is 10.8. The Labute approximate surface area is 197 Å². The van der Waals surface area contributed by atoms with E-state index in [2.05, 4.69) is 48.0 Å². The van der Waals surface area contributed by atoms with Crippen molar-refractivity contribution in [2.45, 2.75) is 64.3 Å². The maximum absolute atomic E-state index is 13.5. The van der Waals surface area contributed by atoms with Gasteiger partial charge in [-0.1, -0.05) is 25.0 Å². The number of amides is 1. The van der Waals surface area contributed by atoms with Crippen LogP contribution in [0.5, 0.6) is 0 Å². The highest BCUT2D eigenvalue weighted by Crippen LogP contribution is 2.30. The summed E-state index contributed by atoms with van der Waals surface area (Å²) >= 11 is 0. The number of hydrogen-bond acceptors (Lipinski definition) is 4. The van der Waals surface area contributed by atoms with Gasteiger partial charge in [-0.15, -0.1) is 0 Å². The van der Waals surface area contributed by atoms with E-state index in [1.165, 1.54) is 11.3 Å². The van der Waals surface area contributed by atoms with Crippen LogP contribution in [0.25, 0.3) is 0 Å². The molecule has 1 aromatic heterocycles. The highest BCUT2D eigenvalue weighted by atomic mass is 32.2. The molecule has 180 valence electrons. The van der Waals surface area contributed by atoms with Crippen molar-refractivity contribution in [3.8, 4) is 0 Å². The summed E-state index contributed by atoms with van der Waals surface area (Å²) in [6, 6.07) is 8.60. The largest absolute Gasteiger partial charge is 0.365 e. The van der Waals surface area contributed by atoms with Crippen molar-refractivity contribution >= 4 is 21.6 Å². The topological polar surface area (TPSA) is 76.7 Å². The fourth-order valence-corrected chi connectivity index (χ4v) is 7.16. The summed E-state index contributed by atoms with van der Waals surface area (Å²) in [5.41, 5.74) is 3.88. The van der Waals surface area contributed by atoms with Gasteiger partial charge in [0.15, 0.2) is 0 Å². The molecule has 7 nitrogen and oxygen atoms in total. The van der Waals surface area contributed by atoms with Crippen LogP contribution in [-0.4, -0.2) is 67.3 Å². The van der Waals surface area contributed by atoms with E-state index in [4.69, 9.17) is 0 Å². The molecule has 0 unspecified atom stereocenters. The third-order valence-corrected chi connectivity index (χ3v) is 9.17. The molecule has 3 heterocycles. The molecule has 0 bridgehead atoms. The smallest absolute Gasteiger partial charge is 0.270 e. The molecule has 1 N–H and O–H groups in total. The first-order chi connectivity index (χ1) is 15.7. The van der Waals surface area contributed by atoms with E-state index in [-0.39, 0.29) is 16.8 Å². The number of carbonyl (C=O) groups is 1. The van der Waals surface area contributed by atoms with Gasteiger partial charge in [0.2, 0.25) is 10.0 Å². The zero-order chi connectivity index (χ0) is 23.8. The minimum Gasteiger partial charge on any atom is -0.365 e. The fraction of sp³-hybridized carbons (Fsp3) is 0.560. The van der Waals surface area contributed by atoms with E-state index in [0.717, 1.165) is 32.2 Å². The van der Waals surface area contributed by atoms with Gasteiger partial charge in [0.25, 0.3) is 5.91 Å². The Balaban J connectivity index is 1.54. The molecule has 1 amide bonds. The van der Waals surface area contributed by atoms with E-state index in [1.807, 2.05) is 4.90 Å². The molecule has 4 rings (SSSR count). The summed E-state index contributed by atoms with van der Waals surface area (Å²) in [7, 11) is -3.63. The number of benzene rings is 1. The highest BCUT2D eigenvalue weighted by Gasteiger charge is 2.34. The Morgan fingerprint density at radius 3 is 2.33 bits per heavy atom. The Kier molecular flexibility index (Phi) is 6.86. The van der Waals surface area contributed by atoms with Crippen molar-refractivity contribution in [2.24, 2.45) is 0 Å². The van der Waals surface area contributed by atoms with Crippen LogP contribution in [-0.2, 0) is 10.0 Å². The van der Waals surface area contributed by atoms with Gasteiger partial charge in [-0.3, -0.25) is 4.79 Å². The van der Waals surface area contributed by atoms with Crippen molar-refractivity contribution in [3.63, 3.8) is 0 Å². The lowest BCUT2D eigenvalue weighted by atomic mass is 10.1. The van der Waals surface area contributed by atoms with Crippen LogP contribution in [0.15, 0.2) is 29.2 Å². The number of aryl methyl sites for hydroxylation is 2.